The Morgan fingerprint density at radius 2 is 1.53 bits per heavy atom. The molecule has 2 heterocycles. The maximum absolute atomic E-state index is 13.9. The minimum Gasteiger partial charge on any atom is -0.497 e. The fourth-order valence-corrected chi connectivity index (χ4v) is 5.22. The molecule has 38 heavy (non-hydrogen) atoms. The molecule has 1 aromatic heterocycles. The maximum Gasteiger partial charge on any atom is 0.273 e. The SMILES string of the molecule is CCc1ccc([C@@H]2c3c(-c4ccc(OC)cc4)nn(C)c3C(=O)N2CCc2ccc(OC)c(OC)c2)cc1. The van der Waals surface area contributed by atoms with Gasteiger partial charge >= 0.3 is 0 Å². The van der Waals surface area contributed by atoms with Gasteiger partial charge < -0.3 is 19.1 Å². The maximum atomic E-state index is 13.9. The van der Waals surface area contributed by atoms with Gasteiger partial charge in [-0.25, -0.2) is 0 Å². The number of carbonyl (C=O) groups is 1. The number of aryl methyl sites for hydroxylation is 2. The van der Waals surface area contributed by atoms with E-state index in [1.54, 1.807) is 26.0 Å². The Morgan fingerprint density at radius 3 is 2.16 bits per heavy atom. The molecule has 0 saturated heterocycles. The van der Waals surface area contributed by atoms with Gasteiger partial charge in [-0.3, -0.25) is 9.48 Å². The minimum absolute atomic E-state index is 0.0141. The number of methoxy groups -OCH3 is 3. The van der Waals surface area contributed by atoms with Crippen LogP contribution in [0.5, 0.6) is 17.2 Å². The lowest BCUT2D eigenvalue weighted by Crippen LogP contribution is -2.32. The van der Waals surface area contributed by atoms with Crippen molar-refractivity contribution in [2.24, 2.45) is 7.05 Å². The Morgan fingerprint density at radius 1 is 0.842 bits per heavy atom. The number of hydrogen-bond donors (Lipinski definition) is 0. The summed E-state index contributed by atoms with van der Waals surface area (Å²) in [5.41, 5.74) is 6.75. The summed E-state index contributed by atoms with van der Waals surface area (Å²) in [6.45, 7) is 2.69. The van der Waals surface area contributed by atoms with E-state index in [1.807, 2.05) is 54.4 Å². The lowest BCUT2D eigenvalue weighted by atomic mass is 9.95. The van der Waals surface area contributed by atoms with Crippen LogP contribution in [0, 0.1) is 0 Å². The summed E-state index contributed by atoms with van der Waals surface area (Å²) in [7, 11) is 6.75. The van der Waals surface area contributed by atoms with Crippen LogP contribution in [0.15, 0.2) is 66.7 Å². The molecule has 3 aromatic carbocycles. The van der Waals surface area contributed by atoms with Crippen molar-refractivity contribution in [2.75, 3.05) is 27.9 Å². The zero-order valence-electron chi connectivity index (χ0n) is 22.5. The fraction of sp³-hybridized carbons (Fsp3) is 0.290. The highest BCUT2D eigenvalue weighted by Gasteiger charge is 2.43. The molecule has 1 aliphatic rings. The molecule has 0 unspecified atom stereocenters. The highest BCUT2D eigenvalue weighted by Crippen LogP contribution is 2.44. The first kappa shape index (κ1) is 25.4. The lowest BCUT2D eigenvalue weighted by Gasteiger charge is -2.27. The molecule has 0 fully saturated rings. The number of nitrogens with zero attached hydrogens (tertiary/aromatic N) is 3. The van der Waals surface area contributed by atoms with Gasteiger partial charge in [0.05, 0.1) is 33.1 Å². The first-order chi connectivity index (χ1) is 18.5. The molecule has 0 bridgehead atoms. The third kappa shape index (κ3) is 4.49. The first-order valence-electron chi connectivity index (χ1n) is 12.8. The number of hydrogen-bond acceptors (Lipinski definition) is 5. The molecular formula is C31H33N3O4. The molecule has 0 saturated carbocycles. The van der Waals surface area contributed by atoms with Gasteiger partial charge in [-0.2, -0.15) is 5.10 Å². The van der Waals surface area contributed by atoms with E-state index in [4.69, 9.17) is 19.3 Å². The molecule has 196 valence electrons. The van der Waals surface area contributed by atoms with Crippen molar-refractivity contribution in [3.8, 4) is 28.5 Å². The highest BCUT2D eigenvalue weighted by atomic mass is 16.5. The molecule has 7 nitrogen and oxygen atoms in total. The van der Waals surface area contributed by atoms with Crippen LogP contribution in [0.25, 0.3) is 11.3 Å². The van der Waals surface area contributed by atoms with Gasteiger partial charge in [-0.15, -0.1) is 0 Å². The minimum atomic E-state index is -0.241. The van der Waals surface area contributed by atoms with Crippen molar-refractivity contribution in [1.82, 2.24) is 14.7 Å². The topological polar surface area (TPSA) is 65.8 Å². The number of fused-ring (bicyclic) bond motifs is 1. The summed E-state index contributed by atoms with van der Waals surface area (Å²) in [5.74, 6) is 2.13. The van der Waals surface area contributed by atoms with Gasteiger partial charge in [0, 0.05) is 24.7 Å². The van der Waals surface area contributed by atoms with Crippen LogP contribution >= 0.6 is 0 Å². The Bertz CT molecular complexity index is 1440. The molecule has 0 spiro atoms. The van der Waals surface area contributed by atoms with E-state index in [-0.39, 0.29) is 11.9 Å². The monoisotopic (exact) mass is 511 g/mol. The summed E-state index contributed by atoms with van der Waals surface area (Å²) < 4.78 is 18.0. The number of carbonyl (C=O) groups excluding carboxylic acids is 1. The van der Waals surface area contributed by atoms with E-state index in [0.717, 1.165) is 40.1 Å². The second kappa shape index (κ2) is 10.6. The van der Waals surface area contributed by atoms with Crippen molar-refractivity contribution in [2.45, 2.75) is 25.8 Å². The predicted molar refractivity (Wildman–Crippen MR) is 147 cm³/mol. The van der Waals surface area contributed by atoms with Crippen molar-refractivity contribution in [3.05, 3.63) is 94.7 Å². The quantitative estimate of drug-likeness (QED) is 0.298. The van der Waals surface area contributed by atoms with Crippen LogP contribution in [0.1, 0.15) is 45.7 Å². The zero-order chi connectivity index (χ0) is 26.8. The van der Waals surface area contributed by atoms with Crippen molar-refractivity contribution in [1.29, 1.82) is 0 Å². The predicted octanol–water partition coefficient (Wildman–Crippen LogP) is 5.46. The van der Waals surface area contributed by atoms with Crippen LogP contribution in [-0.4, -0.2) is 48.5 Å². The summed E-state index contributed by atoms with van der Waals surface area (Å²) >= 11 is 0. The lowest BCUT2D eigenvalue weighted by molar-refractivity contribution is 0.0742. The van der Waals surface area contributed by atoms with Gasteiger partial charge in [0.2, 0.25) is 0 Å². The van der Waals surface area contributed by atoms with Gasteiger partial charge in [0.25, 0.3) is 5.91 Å². The second-order valence-corrected chi connectivity index (χ2v) is 9.40. The highest BCUT2D eigenvalue weighted by molar-refractivity contribution is 6.00. The molecule has 0 radical (unpaired) electrons. The Labute approximate surface area is 223 Å². The van der Waals surface area contributed by atoms with Crippen LogP contribution in [0.4, 0.5) is 0 Å². The number of aromatic nitrogens is 2. The number of rotatable bonds is 9. The number of benzene rings is 3. The van der Waals surface area contributed by atoms with Crippen LogP contribution in [0.2, 0.25) is 0 Å². The molecular weight excluding hydrogens is 478 g/mol. The second-order valence-electron chi connectivity index (χ2n) is 9.40. The summed E-state index contributed by atoms with van der Waals surface area (Å²) in [6.07, 6.45) is 1.64. The smallest absolute Gasteiger partial charge is 0.273 e. The third-order valence-electron chi connectivity index (χ3n) is 7.29. The van der Waals surface area contributed by atoms with E-state index in [0.29, 0.717) is 30.2 Å². The standard InChI is InChI=1S/C31H33N3O4/c1-6-20-7-10-23(11-8-20)29-27-28(22-12-14-24(36-3)15-13-22)32-33(2)30(27)31(35)34(29)18-17-21-9-16-25(37-4)26(19-21)38-5/h7-16,19,29H,6,17-18H2,1-5H3/t29-/m1/s1. The van der Waals surface area contributed by atoms with E-state index >= 15 is 0 Å². The largest absolute Gasteiger partial charge is 0.497 e. The third-order valence-corrected chi connectivity index (χ3v) is 7.29. The molecule has 1 atom stereocenters. The van der Waals surface area contributed by atoms with E-state index < -0.39 is 0 Å². The molecule has 5 rings (SSSR count). The number of ether oxygens (including phenoxy) is 3. The van der Waals surface area contributed by atoms with Gasteiger partial charge in [-0.05, 0) is 65.9 Å². The zero-order valence-corrected chi connectivity index (χ0v) is 22.5. The Kier molecular flexibility index (Phi) is 7.09. The molecule has 0 aliphatic carbocycles. The molecule has 1 amide bonds. The van der Waals surface area contributed by atoms with Crippen molar-refractivity contribution < 1.29 is 19.0 Å². The van der Waals surface area contributed by atoms with Crippen LogP contribution in [0.3, 0.4) is 0 Å². The van der Waals surface area contributed by atoms with Crippen LogP contribution < -0.4 is 14.2 Å². The molecule has 7 heteroatoms. The van der Waals surface area contributed by atoms with Gasteiger partial charge in [0.1, 0.15) is 11.4 Å². The summed E-state index contributed by atoms with van der Waals surface area (Å²) in [5, 5.41) is 4.81. The van der Waals surface area contributed by atoms with E-state index in [2.05, 4.69) is 31.2 Å². The number of amides is 1. The average molecular weight is 512 g/mol. The van der Waals surface area contributed by atoms with Gasteiger partial charge in [-0.1, -0.05) is 37.3 Å². The van der Waals surface area contributed by atoms with E-state index in [9.17, 15) is 4.79 Å². The van der Waals surface area contributed by atoms with Crippen molar-refractivity contribution in [3.63, 3.8) is 0 Å². The molecule has 4 aromatic rings. The van der Waals surface area contributed by atoms with Crippen LogP contribution in [-0.2, 0) is 19.9 Å². The fourth-order valence-electron chi connectivity index (χ4n) is 5.22. The van der Waals surface area contributed by atoms with Crippen molar-refractivity contribution >= 4 is 5.91 Å². The summed E-state index contributed by atoms with van der Waals surface area (Å²) in [6, 6.07) is 22.1. The molecule has 1 aliphatic heterocycles. The van der Waals surface area contributed by atoms with E-state index in [1.165, 1.54) is 5.56 Å². The Balaban J connectivity index is 1.55. The first-order valence-corrected chi connectivity index (χ1v) is 12.8. The summed E-state index contributed by atoms with van der Waals surface area (Å²) in [4.78, 5) is 15.9. The molecule has 0 N–H and O–H groups in total. The normalized spacial score (nSPS) is 14.5. The Hall–Kier alpha value is -4.26. The van der Waals surface area contributed by atoms with Gasteiger partial charge in [0.15, 0.2) is 11.5 Å². The average Bonchev–Trinajstić information content (AvgIpc) is 3.45.